The van der Waals surface area contributed by atoms with Crippen LogP contribution in [0.2, 0.25) is 0 Å². The molecule has 26 heavy (non-hydrogen) atoms. The van der Waals surface area contributed by atoms with E-state index < -0.39 is 0 Å². The van der Waals surface area contributed by atoms with E-state index in [4.69, 9.17) is 12.2 Å². The van der Waals surface area contributed by atoms with Crippen LogP contribution in [0, 0.1) is 0 Å². The highest BCUT2D eigenvalue weighted by atomic mass is 32.1. The van der Waals surface area contributed by atoms with Crippen molar-refractivity contribution in [3.8, 4) is 0 Å². The summed E-state index contributed by atoms with van der Waals surface area (Å²) in [6, 6.07) is 28.2. The monoisotopic (exact) mass is 360 g/mol. The maximum absolute atomic E-state index is 5.22. The minimum atomic E-state index is 0.452. The van der Waals surface area contributed by atoms with Gasteiger partial charge in [0.25, 0.3) is 0 Å². The maximum atomic E-state index is 5.22. The number of para-hydroxylation sites is 2. The SMILES string of the molecule is CN(c1ccccc1)c1ccc(/C=N/NC(=S)Nc2ccccc2)cc1. The zero-order valence-corrected chi connectivity index (χ0v) is 15.3. The Bertz CT molecular complexity index is 862. The number of hydrogen-bond donors (Lipinski definition) is 2. The van der Waals surface area contributed by atoms with Crippen molar-refractivity contribution in [2.24, 2.45) is 5.10 Å². The van der Waals surface area contributed by atoms with E-state index in [1.807, 2.05) is 67.7 Å². The zero-order chi connectivity index (χ0) is 18.2. The normalized spacial score (nSPS) is 10.5. The number of nitrogens with zero attached hydrogens (tertiary/aromatic N) is 2. The lowest BCUT2D eigenvalue weighted by molar-refractivity contribution is 1.05. The number of hydrazone groups is 1. The Morgan fingerprint density at radius 3 is 2.08 bits per heavy atom. The van der Waals surface area contributed by atoms with E-state index in [1.54, 1.807) is 6.21 Å². The van der Waals surface area contributed by atoms with Crippen molar-refractivity contribution in [1.29, 1.82) is 0 Å². The molecule has 0 fully saturated rings. The van der Waals surface area contributed by atoms with Crippen molar-refractivity contribution in [3.63, 3.8) is 0 Å². The molecule has 0 saturated heterocycles. The molecule has 0 radical (unpaired) electrons. The van der Waals surface area contributed by atoms with Gasteiger partial charge < -0.3 is 10.2 Å². The van der Waals surface area contributed by atoms with E-state index in [1.165, 1.54) is 0 Å². The van der Waals surface area contributed by atoms with Gasteiger partial charge in [0.2, 0.25) is 0 Å². The summed E-state index contributed by atoms with van der Waals surface area (Å²) in [5.74, 6) is 0. The van der Waals surface area contributed by atoms with Crippen LogP contribution in [-0.2, 0) is 0 Å². The molecule has 0 amide bonds. The van der Waals surface area contributed by atoms with Crippen molar-refractivity contribution >= 4 is 40.6 Å². The molecular formula is C21H20N4S. The van der Waals surface area contributed by atoms with E-state index in [9.17, 15) is 0 Å². The first-order valence-electron chi connectivity index (χ1n) is 8.26. The van der Waals surface area contributed by atoms with E-state index in [2.05, 4.69) is 45.0 Å². The lowest BCUT2D eigenvalue weighted by Crippen LogP contribution is -2.23. The Kier molecular flexibility index (Phi) is 5.96. The maximum Gasteiger partial charge on any atom is 0.191 e. The van der Waals surface area contributed by atoms with Crippen LogP contribution in [0.4, 0.5) is 17.1 Å². The molecule has 0 bridgehead atoms. The summed E-state index contributed by atoms with van der Waals surface area (Å²) < 4.78 is 0. The number of hydrogen-bond acceptors (Lipinski definition) is 3. The summed E-state index contributed by atoms with van der Waals surface area (Å²) in [5.41, 5.74) is 7.00. The second-order valence-electron chi connectivity index (χ2n) is 5.68. The Hall–Kier alpha value is -3.18. The minimum Gasteiger partial charge on any atom is -0.345 e. The Morgan fingerprint density at radius 2 is 1.42 bits per heavy atom. The predicted octanol–water partition coefficient (Wildman–Crippen LogP) is 4.78. The molecule has 5 heteroatoms. The fraction of sp³-hybridized carbons (Fsp3) is 0.0476. The van der Waals surface area contributed by atoms with Gasteiger partial charge in [-0.05, 0) is 54.2 Å². The van der Waals surface area contributed by atoms with E-state index in [0.29, 0.717) is 5.11 Å². The van der Waals surface area contributed by atoms with Gasteiger partial charge >= 0.3 is 0 Å². The van der Waals surface area contributed by atoms with Crippen molar-refractivity contribution in [3.05, 3.63) is 90.5 Å². The standard InChI is InChI=1S/C21H20N4S/c1-25(19-10-6-3-7-11-19)20-14-12-17(13-15-20)16-22-24-21(26)23-18-8-4-2-5-9-18/h2-16H,1H3,(H2,23,24,26)/b22-16+. The molecule has 3 rings (SSSR count). The second-order valence-corrected chi connectivity index (χ2v) is 6.08. The molecule has 0 saturated carbocycles. The number of thiocarbonyl (C=S) groups is 1. The Morgan fingerprint density at radius 1 is 0.846 bits per heavy atom. The van der Waals surface area contributed by atoms with Gasteiger partial charge in [-0.1, -0.05) is 48.5 Å². The van der Waals surface area contributed by atoms with Gasteiger partial charge in [0.1, 0.15) is 0 Å². The molecular weight excluding hydrogens is 340 g/mol. The summed E-state index contributed by atoms with van der Waals surface area (Å²) in [7, 11) is 2.05. The third kappa shape index (κ3) is 4.91. The van der Waals surface area contributed by atoms with Gasteiger partial charge in [-0.15, -0.1) is 0 Å². The summed E-state index contributed by atoms with van der Waals surface area (Å²) in [6.45, 7) is 0. The molecule has 3 aromatic rings. The average Bonchev–Trinajstić information content (AvgIpc) is 2.69. The minimum absolute atomic E-state index is 0.452. The van der Waals surface area contributed by atoms with Crippen LogP contribution in [0.25, 0.3) is 0 Å². The number of nitrogens with one attached hydrogen (secondary N) is 2. The smallest absolute Gasteiger partial charge is 0.191 e. The molecule has 0 aliphatic carbocycles. The second kappa shape index (κ2) is 8.78. The average molecular weight is 360 g/mol. The lowest BCUT2D eigenvalue weighted by Gasteiger charge is -2.19. The van der Waals surface area contributed by atoms with Crippen LogP contribution in [0.15, 0.2) is 90.0 Å². The topological polar surface area (TPSA) is 39.7 Å². The van der Waals surface area contributed by atoms with Gasteiger partial charge in [0, 0.05) is 24.1 Å². The highest BCUT2D eigenvalue weighted by Crippen LogP contribution is 2.22. The van der Waals surface area contributed by atoms with Gasteiger partial charge in [0.15, 0.2) is 5.11 Å². The van der Waals surface area contributed by atoms with Crippen molar-refractivity contribution in [1.82, 2.24) is 5.43 Å². The van der Waals surface area contributed by atoms with Gasteiger partial charge in [-0.2, -0.15) is 5.10 Å². The zero-order valence-electron chi connectivity index (χ0n) is 14.5. The predicted molar refractivity (Wildman–Crippen MR) is 114 cm³/mol. The van der Waals surface area contributed by atoms with Gasteiger partial charge in [0.05, 0.1) is 6.21 Å². The van der Waals surface area contributed by atoms with Gasteiger partial charge in [-0.25, -0.2) is 0 Å². The van der Waals surface area contributed by atoms with E-state index >= 15 is 0 Å². The number of rotatable bonds is 5. The molecule has 0 aliphatic heterocycles. The van der Waals surface area contributed by atoms with Crippen molar-refractivity contribution in [2.75, 3.05) is 17.3 Å². The first-order valence-corrected chi connectivity index (χ1v) is 8.67. The molecule has 0 spiro atoms. The van der Waals surface area contributed by atoms with Crippen molar-refractivity contribution in [2.45, 2.75) is 0 Å². The van der Waals surface area contributed by atoms with E-state index in [-0.39, 0.29) is 0 Å². The van der Waals surface area contributed by atoms with Crippen LogP contribution in [0.3, 0.4) is 0 Å². The van der Waals surface area contributed by atoms with Gasteiger partial charge in [-0.3, -0.25) is 5.43 Å². The van der Waals surface area contributed by atoms with Crippen LogP contribution in [0.5, 0.6) is 0 Å². The Balaban J connectivity index is 1.55. The highest BCUT2D eigenvalue weighted by Gasteiger charge is 2.02. The fourth-order valence-corrected chi connectivity index (χ4v) is 2.60. The molecule has 0 aromatic heterocycles. The molecule has 130 valence electrons. The number of benzene rings is 3. The summed E-state index contributed by atoms with van der Waals surface area (Å²) in [6.07, 6.45) is 1.74. The number of anilines is 3. The van der Waals surface area contributed by atoms with Crippen LogP contribution in [0.1, 0.15) is 5.56 Å². The fourth-order valence-electron chi connectivity index (χ4n) is 2.43. The molecule has 3 aromatic carbocycles. The lowest BCUT2D eigenvalue weighted by atomic mass is 10.2. The summed E-state index contributed by atoms with van der Waals surface area (Å²) >= 11 is 5.22. The molecule has 0 unspecified atom stereocenters. The first-order chi connectivity index (χ1) is 12.7. The van der Waals surface area contributed by atoms with Crippen LogP contribution in [-0.4, -0.2) is 18.4 Å². The van der Waals surface area contributed by atoms with Crippen molar-refractivity contribution < 1.29 is 0 Å². The molecule has 2 N–H and O–H groups in total. The Labute approximate surface area is 159 Å². The summed E-state index contributed by atoms with van der Waals surface area (Å²) in [5, 5.41) is 7.70. The quantitative estimate of drug-likeness (QED) is 0.390. The molecule has 0 aliphatic rings. The highest BCUT2D eigenvalue weighted by molar-refractivity contribution is 7.80. The van der Waals surface area contributed by atoms with Crippen LogP contribution >= 0.6 is 12.2 Å². The van der Waals surface area contributed by atoms with Crippen LogP contribution < -0.4 is 15.6 Å². The third-order valence-electron chi connectivity index (χ3n) is 3.84. The van der Waals surface area contributed by atoms with E-state index in [0.717, 1.165) is 22.6 Å². The molecule has 4 nitrogen and oxygen atoms in total. The first kappa shape index (κ1) is 17.6. The largest absolute Gasteiger partial charge is 0.345 e. The molecule has 0 atom stereocenters. The third-order valence-corrected chi connectivity index (χ3v) is 4.03. The summed E-state index contributed by atoms with van der Waals surface area (Å²) in [4.78, 5) is 2.14. The molecule has 0 heterocycles.